The molecule has 3 aromatic rings. The summed E-state index contributed by atoms with van der Waals surface area (Å²) < 4.78 is 5.59. The van der Waals surface area contributed by atoms with Crippen LogP contribution in [0.4, 0.5) is 5.69 Å². The molecule has 0 aliphatic heterocycles. The first kappa shape index (κ1) is 14.4. The summed E-state index contributed by atoms with van der Waals surface area (Å²) in [6, 6.07) is 15.7. The van der Waals surface area contributed by atoms with Crippen LogP contribution in [0.3, 0.4) is 0 Å². The molecule has 0 aliphatic rings. The van der Waals surface area contributed by atoms with E-state index in [-0.39, 0.29) is 5.78 Å². The summed E-state index contributed by atoms with van der Waals surface area (Å²) in [6.45, 7) is 4.77. The molecule has 1 heterocycles. The van der Waals surface area contributed by atoms with Crippen molar-refractivity contribution in [3.8, 4) is 0 Å². The van der Waals surface area contributed by atoms with Crippen molar-refractivity contribution in [2.45, 2.75) is 20.3 Å². The van der Waals surface area contributed by atoms with E-state index in [1.807, 2.05) is 36.4 Å². The van der Waals surface area contributed by atoms with Crippen molar-refractivity contribution in [2.24, 2.45) is 0 Å². The summed E-state index contributed by atoms with van der Waals surface area (Å²) in [6.07, 6.45) is 0.409. The number of para-hydroxylation sites is 1. The molecule has 3 nitrogen and oxygen atoms in total. The van der Waals surface area contributed by atoms with Gasteiger partial charge in [0.15, 0.2) is 11.5 Å². The Hall–Kier alpha value is -2.55. The van der Waals surface area contributed by atoms with Gasteiger partial charge in [0.05, 0.1) is 0 Å². The largest absolute Gasteiger partial charge is 0.453 e. The van der Waals surface area contributed by atoms with Crippen LogP contribution >= 0.6 is 0 Å². The highest BCUT2D eigenvalue weighted by atomic mass is 16.3. The maximum atomic E-state index is 12.2. The van der Waals surface area contributed by atoms with Crippen LogP contribution in [0.5, 0.6) is 0 Å². The third-order valence-corrected chi connectivity index (χ3v) is 3.89. The van der Waals surface area contributed by atoms with E-state index < -0.39 is 0 Å². The van der Waals surface area contributed by atoms with E-state index >= 15 is 0 Å². The van der Waals surface area contributed by atoms with Crippen LogP contribution in [-0.2, 0) is 0 Å². The van der Waals surface area contributed by atoms with Crippen molar-refractivity contribution in [3.63, 3.8) is 0 Å². The average molecular weight is 293 g/mol. The van der Waals surface area contributed by atoms with Crippen LogP contribution in [-0.4, -0.2) is 12.3 Å². The number of nitrogens with one attached hydrogen (secondary N) is 1. The highest BCUT2D eigenvalue weighted by Gasteiger charge is 2.11. The van der Waals surface area contributed by atoms with E-state index in [2.05, 4.69) is 31.3 Å². The molecule has 3 rings (SSSR count). The Morgan fingerprint density at radius 1 is 1.05 bits per heavy atom. The number of hydrogen-bond donors (Lipinski definition) is 1. The summed E-state index contributed by atoms with van der Waals surface area (Å²) in [5.74, 6) is 0.454. The molecule has 0 saturated heterocycles. The average Bonchev–Trinajstić information content (AvgIpc) is 2.95. The Bertz CT molecular complexity index is 784. The van der Waals surface area contributed by atoms with Crippen molar-refractivity contribution < 1.29 is 9.21 Å². The highest BCUT2D eigenvalue weighted by Crippen LogP contribution is 2.20. The number of carbonyl (C=O) groups excluding carboxylic acids is 1. The second-order valence-electron chi connectivity index (χ2n) is 5.55. The van der Waals surface area contributed by atoms with Crippen molar-refractivity contribution in [2.75, 3.05) is 11.9 Å². The van der Waals surface area contributed by atoms with E-state index in [0.717, 1.165) is 16.7 Å². The molecule has 0 aliphatic carbocycles. The molecule has 0 bridgehead atoms. The van der Waals surface area contributed by atoms with Crippen LogP contribution in [0, 0.1) is 13.8 Å². The number of anilines is 1. The number of aryl methyl sites for hydroxylation is 2. The van der Waals surface area contributed by atoms with E-state index in [1.165, 1.54) is 11.1 Å². The Morgan fingerprint density at radius 2 is 1.86 bits per heavy atom. The van der Waals surface area contributed by atoms with Crippen molar-refractivity contribution in [3.05, 3.63) is 65.4 Å². The lowest BCUT2D eigenvalue weighted by Gasteiger charge is -2.07. The number of Topliss-reactive ketones (excluding diaryl/α,β-unsaturated/α-hetero) is 1. The fourth-order valence-electron chi connectivity index (χ4n) is 2.41. The van der Waals surface area contributed by atoms with E-state index in [0.29, 0.717) is 18.7 Å². The lowest BCUT2D eigenvalue weighted by Crippen LogP contribution is -2.08. The lowest BCUT2D eigenvalue weighted by atomic mass is 10.1. The minimum absolute atomic E-state index is 0.0209. The quantitative estimate of drug-likeness (QED) is 0.691. The van der Waals surface area contributed by atoms with Crippen LogP contribution in [0.2, 0.25) is 0 Å². The molecular formula is C19H19NO2. The predicted octanol–water partition coefficient (Wildman–Crippen LogP) is 4.73. The Morgan fingerprint density at radius 3 is 2.64 bits per heavy atom. The molecule has 1 N–H and O–H groups in total. The zero-order valence-corrected chi connectivity index (χ0v) is 12.8. The fraction of sp³-hybridized carbons (Fsp3) is 0.211. The lowest BCUT2D eigenvalue weighted by molar-refractivity contribution is 0.0962. The topological polar surface area (TPSA) is 42.2 Å². The van der Waals surface area contributed by atoms with Gasteiger partial charge < -0.3 is 9.73 Å². The molecular weight excluding hydrogens is 274 g/mol. The van der Waals surface area contributed by atoms with Gasteiger partial charge in [0.25, 0.3) is 0 Å². The first-order valence-corrected chi connectivity index (χ1v) is 7.46. The van der Waals surface area contributed by atoms with Gasteiger partial charge in [-0.05, 0) is 49.2 Å². The smallest absolute Gasteiger partial charge is 0.199 e. The van der Waals surface area contributed by atoms with Gasteiger partial charge in [-0.3, -0.25) is 4.79 Å². The summed E-state index contributed by atoms with van der Waals surface area (Å²) in [5, 5.41) is 4.25. The second kappa shape index (κ2) is 6.06. The Labute approximate surface area is 130 Å². The van der Waals surface area contributed by atoms with Crippen molar-refractivity contribution in [1.82, 2.24) is 0 Å². The zero-order chi connectivity index (χ0) is 15.5. The molecule has 112 valence electrons. The molecule has 0 fully saturated rings. The summed E-state index contributed by atoms with van der Waals surface area (Å²) >= 11 is 0. The van der Waals surface area contributed by atoms with Gasteiger partial charge in [0, 0.05) is 24.0 Å². The first-order valence-electron chi connectivity index (χ1n) is 7.46. The number of fused-ring (bicyclic) bond motifs is 1. The number of rotatable bonds is 5. The SMILES string of the molecule is Cc1ccc(NCCC(=O)c2cc3ccccc3o2)cc1C. The predicted molar refractivity (Wildman–Crippen MR) is 89.6 cm³/mol. The van der Waals surface area contributed by atoms with Gasteiger partial charge in [0.2, 0.25) is 0 Å². The molecule has 22 heavy (non-hydrogen) atoms. The molecule has 0 radical (unpaired) electrons. The number of hydrogen-bond acceptors (Lipinski definition) is 3. The van der Waals surface area contributed by atoms with Gasteiger partial charge in [-0.1, -0.05) is 24.3 Å². The molecule has 3 heteroatoms. The van der Waals surface area contributed by atoms with Gasteiger partial charge >= 0.3 is 0 Å². The third-order valence-electron chi connectivity index (χ3n) is 3.89. The first-order chi connectivity index (χ1) is 10.6. The zero-order valence-electron chi connectivity index (χ0n) is 12.8. The normalized spacial score (nSPS) is 10.8. The fourth-order valence-corrected chi connectivity index (χ4v) is 2.41. The minimum atomic E-state index is 0.0209. The number of furan rings is 1. The number of benzene rings is 2. The van der Waals surface area contributed by atoms with E-state index in [1.54, 1.807) is 0 Å². The molecule has 0 amide bonds. The van der Waals surface area contributed by atoms with Crippen LogP contribution in [0.25, 0.3) is 11.0 Å². The highest BCUT2D eigenvalue weighted by molar-refractivity contribution is 5.97. The summed E-state index contributed by atoms with van der Waals surface area (Å²) in [4.78, 5) is 12.2. The Kier molecular flexibility index (Phi) is 3.96. The third kappa shape index (κ3) is 3.03. The summed E-state index contributed by atoms with van der Waals surface area (Å²) in [7, 11) is 0. The number of ketones is 1. The Balaban J connectivity index is 1.61. The molecule has 0 unspecified atom stereocenters. The molecule has 2 aromatic carbocycles. The van der Waals surface area contributed by atoms with Crippen molar-refractivity contribution >= 4 is 22.4 Å². The van der Waals surface area contributed by atoms with Crippen molar-refractivity contribution in [1.29, 1.82) is 0 Å². The number of carbonyl (C=O) groups is 1. The monoisotopic (exact) mass is 293 g/mol. The molecule has 0 saturated carbocycles. The maximum Gasteiger partial charge on any atom is 0.199 e. The second-order valence-corrected chi connectivity index (χ2v) is 5.55. The van der Waals surface area contributed by atoms with Gasteiger partial charge in [-0.15, -0.1) is 0 Å². The molecule has 0 atom stereocenters. The summed E-state index contributed by atoms with van der Waals surface area (Å²) in [5.41, 5.74) is 4.31. The minimum Gasteiger partial charge on any atom is -0.453 e. The standard InChI is InChI=1S/C19H19NO2/c1-13-7-8-16(11-14(13)2)20-10-9-17(21)19-12-15-5-3-4-6-18(15)22-19/h3-8,11-12,20H,9-10H2,1-2H3. The van der Waals surface area contributed by atoms with E-state index in [4.69, 9.17) is 4.42 Å². The maximum absolute atomic E-state index is 12.2. The molecule has 1 aromatic heterocycles. The molecule has 0 spiro atoms. The van der Waals surface area contributed by atoms with Crippen LogP contribution in [0.1, 0.15) is 28.1 Å². The van der Waals surface area contributed by atoms with Crippen LogP contribution < -0.4 is 5.32 Å². The van der Waals surface area contributed by atoms with Gasteiger partial charge in [0.1, 0.15) is 5.58 Å². The van der Waals surface area contributed by atoms with Gasteiger partial charge in [-0.2, -0.15) is 0 Å². The van der Waals surface area contributed by atoms with Gasteiger partial charge in [-0.25, -0.2) is 0 Å². The van der Waals surface area contributed by atoms with E-state index in [9.17, 15) is 4.79 Å². The van der Waals surface area contributed by atoms with Crippen LogP contribution in [0.15, 0.2) is 52.9 Å².